The summed E-state index contributed by atoms with van der Waals surface area (Å²) in [5, 5.41) is 0. The fourth-order valence-corrected chi connectivity index (χ4v) is 3.01. The average Bonchev–Trinajstić information content (AvgIpc) is 2.93. The molecule has 0 saturated carbocycles. The Morgan fingerprint density at radius 1 is 1.14 bits per heavy atom. The van der Waals surface area contributed by atoms with Crippen LogP contribution in [-0.2, 0) is 13.6 Å². The maximum absolute atomic E-state index is 13.0. The molecule has 22 heavy (non-hydrogen) atoms. The van der Waals surface area contributed by atoms with Crippen LogP contribution in [0.4, 0.5) is 4.39 Å². The molecule has 0 aliphatic carbocycles. The molecule has 0 bridgehead atoms. The molecule has 0 radical (unpaired) electrons. The van der Waals surface area contributed by atoms with E-state index in [2.05, 4.69) is 26.3 Å². The van der Waals surface area contributed by atoms with E-state index in [-0.39, 0.29) is 5.82 Å². The first kappa shape index (κ1) is 15.2. The van der Waals surface area contributed by atoms with Crippen LogP contribution in [0.25, 0.3) is 0 Å². The van der Waals surface area contributed by atoms with Crippen molar-refractivity contribution in [2.24, 2.45) is 7.05 Å². The first-order valence-electron chi connectivity index (χ1n) is 7.81. The first-order valence-corrected chi connectivity index (χ1v) is 7.81. The lowest BCUT2D eigenvalue weighted by Gasteiger charge is -2.38. The van der Waals surface area contributed by atoms with Crippen LogP contribution in [-0.4, -0.2) is 45.5 Å². The summed E-state index contributed by atoms with van der Waals surface area (Å²) < 4.78 is 15.1. The standard InChI is InChI=1S/C17H23FN4/c1-14(15-3-5-16(18)6-4-15)22-11-9-21(10-12-22)13-17-19-7-8-20(17)2/h3-8,14H,9-13H2,1-2H3. The Labute approximate surface area is 131 Å². The van der Waals surface area contributed by atoms with Gasteiger partial charge in [0, 0.05) is 51.7 Å². The highest BCUT2D eigenvalue weighted by Crippen LogP contribution is 2.22. The van der Waals surface area contributed by atoms with Gasteiger partial charge in [-0.15, -0.1) is 0 Å². The second-order valence-corrected chi connectivity index (χ2v) is 5.99. The summed E-state index contributed by atoms with van der Waals surface area (Å²) >= 11 is 0. The molecule has 2 heterocycles. The van der Waals surface area contributed by atoms with Crippen LogP contribution < -0.4 is 0 Å². The topological polar surface area (TPSA) is 24.3 Å². The minimum Gasteiger partial charge on any atom is -0.337 e. The molecule has 4 nitrogen and oxygen atoms in total. The molecule has 2 aromatic rings. The van der Waals surface area contributed by atoms with Gasteiger partial charge < -0.3 is 4.57 Å². The number of aryl methyl sites for hydroxylation is 1. The number of benzene rings is 1. The first-order chi connectivity index (χ1) is 10.6. The largest absolute Gasteiger partial charge is 0.337 e. The SMILES string of the molecule is CC(c1ccc(F)cc1)N1CCN(Cc2nccn2C)CC1. The molecule has 1 aromatic heterocycles. The zero-order valence-corrected chi connectivity index (χ0v) is 13.2. The van der Waals surface area contributed by atoms with E-state index in [0.29, 0.717) is 6.04 Å². The van der Waals surface area contributed by atoms with Gasteiger partial charge in [-0.1, -0.05) is 12.1 Å². The van der Waals surface area contributed by atoms with Crippen LogP contribution in [0.5, 0.6) is 0 Å². The second kappa shape index (κ2) is 6.58. The van der Waals surface area contributed by atoms with Crippen molar-refractivity contribution in [1.82, 2.24) is 19.4 Å². The lowest BCUT2D eigenvalue weighted by Crippen LogP contribution is -2.46. The molecule has 0 amide bonds. The van der Waals surface area contributed by atoms with E-state index in [4.69, 9.17) is 0 Å². The molecule has 3 rings (SSSR count). The Bertz CT molecular complexity index is 599. The highest BCUT2D eigenvalue weighted by atomic mass is 19.1. The van der Waals surface area contributed by atoms with Gasteiger partial charge in [-0.25, -0.2) is 9.37 Å². The zero-order valence-electron chi connectivity index (χ0n) is 13.2. The zero-order chi connectivity index (χ0) is 15.5. The maximum Gasteiger partial charge on any atom is 0.123 e. The monoisotopic (exact) mass is 302 g/mol. The molecule has 1 atom stereocenters. The number of aromatic nitrogens is 2. The summed E-state index contributed by atoms with van der Waals surface area (Å²) in [6, 6.07) is 7.20. The second-order valence-electron chi connectivity index (χ2n) is 5.99. The van der Waals surface area contributed by atoms with Gasteiger partial charge in [-0.3, -0.25) is 9.80 Å². The van der Waals surface area contributed by atoms with Gasteiger partial charge in [-0.05, 0) is 24.6 Å². The van der Waals surface area contributed by atoms with E-state index < -0.39 is 0 Å². The van der Waals surface area contributed by atoms with Gasteiger partial charge in [0.1, 0.15) is 11.6 Å². The fourth-order valence-electron chi connectivity index (χ4n) is 3.01. The molecular weight excluding hydrogens is 279 g/mol. The van der Waals surface area contributed by atoms with Crippen molar-refractivity contribution in [3.05, 3.63) is 53.9 Å². The van der Waals surface area contributed by atoms with Crippen LogP contribution in [0.2, 0.25) is 0 Å². The number of rotatable bonds is 4. The van der Waals surface area contributed by atoms with E-state index in [1.165, 1.54) is 5.56 Å². The number of halogens is 1. The number of hydrogen-bond donors (Lipinski definition) is 0. The third-order valence-corrected chi connectivity index (χ3v) is 4.59. The van der Waals surface area contributed by atoms with Gasteiger partial charge in [0.2, 0.25) is 0 Å². The predicted molar refractivity (Wildman–Crippen MR) is 84.9 cm³/mol. The van der Waals surface area contributed by atoms with Crippen molar-refractivity contribution >= 4 is 0 Å². The van der Waals surface area contributed by atoms with Gasteiger partial charge in [0.25, 0.3) is 0 Å². The average molecular weight is 302 g/mol. The van der Waals surface area contributed by atoms with Crippen LogP contribution in [0, 0.1) is 5.82 Å². The molecule has 1 unspecified atom stereocenters. The number of imidazole rings is 1. The smallest absolute Gasteiger partial charge is 0.123 e. The van der Waals surface area contributed by atoms with Gasteiger partial charge in [-0.2, -0.15) is 0 Å². The Hall–Kier alpha value is -1.72. The lowest BCUT2D eigenvalue weighted by molar-refractivity contribution is 0.0956. The molecule has 1 fully saturated rings. The van der Waals surface area contributed by atoms with E-state index in [0.717, 1.165) is 38.5 Å². The Kier molecular flexibility index (Phi) is 4.55. The summed E-state index contributed by atoms with van der Waals surface area (Å²) in [6.07, 6.45) is 3.84. The molecule has 118 valence electrons. The summed E-state index contributed by atoms with van der Waals surface area (Å²) in [5.41, 5.74) is 1.18. The van der Waals surface area contributed by atoms with Gasteiger partial charge >= 0.3 is 0 Å². The minimum atomic E-state index is -0.171. The quantitative estimate of drug-likeness (QED) is 0.867. The molecule has 1 saturated heterocycles. The van der Waals surface area contributed by atoms with Gasteiger partial charge in [0.05, 0.1) is 6.54 Å². The Morgan fingerprint density at radius 3 is 2.41 bits per heavy atom. The summed E-state index contributed by atoms with van der Waals surface area (Å²) in [7, 11) is 2.04. The maximum atomic E-state index is 13.0. The van der Waals surface area contributed by atoms with Crippen molar-refractivity contribution in [2.75, 3.05) is 26.2 Å². The fraction of sp³-hybridized carbons (Fsp3) is 0.471. The van der Waals surface area contributed by atoms with E-state index in [1.54, 1.807) is 12.1 Å². The van der Waals surface area contributed by atoms with Crippen LogP contribution in [0.3, 0.4) is 0 Å². The predicted octanol–water partition coefficient (Wildman–Crippen LogP) is 2.44. The third-order valence-electron chi connectivity index (χ3n) is 4.59. The third kappa shape index (κ3) is 3.36. The minimum absolute atomic E-state index is 0.171. The highest BCUT2D eigenvalue weighted by molar-refractivity contribution is 5.19. The molecular formula is C17H23FN4. The Morgan fingerprint density at radius 2 is 1.82 bits per heavy atom. The summed E-state index contributed by atoms with van der Waals surface area (Å²) in [6.45, 7) is 7.24. The molecule has 1 aliphatic rings. The van der Waals surface area contributed by atoms with E-state index in [1.807, 2.05) is 31.6 Å². The number of hydrogen-bond acceptors (Lipinski definition) is 3. The van der Waals surface area contributed by atoms with E-state index in [9.17, 15) is 4.39 Å². The molecule has 1 aromatic carbocycles. The normalized spacial score (nSPS) is 18.5. The summed E-state index contributed by atoms with van der Waals surface area (Å²) in [4.78, 5) is 9.29. The molecule has 0 N–H and O–H groups in total. The van der Waals surface area contributed by atoms with Crippen molar-refractivity contribution in [3.63, 3.8) is 0 Å². The Balaban J connectivity index is 1.55. The van der Waals surface area contributed by atoms with Crippen molar-refractivity contribution in [1.29, 1.82) is 0 Å². The highest BCUT2D eigenvalue weighted by Gasteiger charge is 2.22. The summed E-state index contributed by atoms with van der Waals surface area (Å²) in [5.74, 6) is 0.941. The van der Waals surface area contributed by atoms with E-state index >= 15 is 0 Å². The molecule has 1 aliphatic heterocycles. The van der Waals surface area contributed by atoms with Crippen LogP contribution >= 0.6 is 0 Å². The lowest BCUT2D eigenvalue weighted by atomic mass is 10.1. The van der Waals surface area contributed by atoms with Crippen molar-refractivity contribution in [2.45, 2.75) is 19.5 Å². The number of nitrogens with zero attached hydrogens (tertiary/aromatic N) is 4. The molecule has 5 heteroatoms. The molecule has 0 spiro atoms. The number of piperazine rings is 1. The van der Waals surface area contributed by atoms with Crippen molar-refractivity contribution < 1.29 is 4.39 Å². The van der Waals surface area contributed by atoms with Crippen molar-refractivity contribution in [3.8, 4) is 0 Å². The van der Waals surface area contributed by atoms with Crippen LogP contribution in [0.15, 0.2) is 36.7 Å². The van der Waals surface area contributed by atoms with Gasteiger partial charge in [0.15, 0.2) is 0 Å². The van der Waals surface area contributed by atoms with Crippen LogP contribution in [0.1, 0.15) is 24.4 Å².